The Kier molecular flexibility index (Phi) is 7.32. The van der Waals surface area contributed by atoms with Gasteiger partial charge in [-0.3, -0.25) is 4.79 Å². The fourth-order valence-corrected chi connectivity index (χ4v) is 2.63. The van der Waals surface area contributed by atoms with E-state index >= 15 is 0 Å². The minimum Gasteiger partial charge on any atom is -0.349 e. The zero-order valence-electron chi connectivity index (χ0n) is 11.2. The van der Waals surface area contributed by atoms with Crippen molar-refractivity contribution in [2.45, 2.75) is 52.0 Å². The zero-order valence-corrected chi connectivity index (χ0v) is 13.4. The topological polar surface area (TPSA) is 29.1 Å². The van der Waals surface area contributed by atoms with Gasteiger partial charge >= 0.3 is 0 Å². The van der Waals surface area contributed by atoms with Gasteiger partial charge in [-0.2, -0.15) is 0 Å². The normalized spacial score (nSPS) is 12.2. The smallest absolute Gasteiger partial charge is 0.252 e. The molecule has 1 atom stereocenters. The van der Waals surface area contributed by atoms with Crippen molar-refractivity contribution >= 4 is 28.5 Å². The Hall–Kier alpha value is -0.580. The van der Waals surface area contributed by atoms with E-state index < -0.39 is 0 Å². The summed E-state index contributed by atoms with van der Waals surface area (Å²) in [5.74, 6) is 0.0644. The summed E-state index contributed by atoms with van der Waals surface area (Å²) in [6, 6.07) is 8.05. The molecule has 0 bridgehead atoms. The number of unbranched alkanes of at least 4 members (excludes halogenated alkanes) is 1. The minimum absolute atomic E-state index is 0.0644. The van der Waals surface area contributed by atoms with Crippen LogP contribution in [0.25, 0.3) is 0 Å². The SMILES string of the molecule is CCCCC(CCC)NC(=O)c1ccccc1I. The summed E-state index contributed by atoms with van der Waals surface area (Å²) in [6.07, 6.45) is 5.62. The van der Waals surface area contributed by atoms with Gasteiger partial charge in [0.2, 0.25) is 0 Å². The Morgan fingerprint density at radius 2 is 1.94 bits per heavy atom. The Morgan fingerprint density at radius 3 is 2.56 bits per heavy atom. The summed E-state index contributed by atoms with van der Waals surface area (Å²) in [7, 11) is 0. The van der Waals surface area contributed by atoms with Crippen molar-refractivity contribution in [3.8, 4) is 0 Å². The van der Waals surface area contributed by atoms with Crippen LogP contribution in [0.15, 0.2) is 24.3 Å². The number of halogens is 1. The summed E-state index contributed by atoms with van der Waals surface area (Å²) in [6.45, 7) is 4.35. The first-order chi connectivity index (χ1) is 8.69. The minimum atomic E-state index is 0.0644. The van der Waals surface area contributed by atoms with E-state index in [1.165, 1.54) is 12.8 Å². The molecule has 2 nitrogen and oxygen atoms in total. The average molecular weight is 359 g/mol. The highest BCUT2D eigenvalue weighted by atomic mass is 127. The van der Waals surface area contributed by atoms with Crippen LogP contribution in [0.3, 0.4) is 0 Å². The molecule has 0 aliphatic carbocycles. The summed E-state index contributed by atoms with van der Waals surface area (Å²) in [5, 5.41) is 3.17. The second-order valence-electron chi connectivity index (χ2n) is 4.58. The fraction of sp³-hybridized carbons (Fsp3) is 0.533. The molecule has 3 heteroatoms. The van der Waals surface area contributed by atoms with Gasteiger partial charge < -0.3 is 5.32 Å². The van der Waals surface area contributed by atoms with Crippen LogP contribution in [0.1, 0.15) is 56.3 Å². The van der Waals surface area contributed by atoms with Crippen molar-refractivity contribution in [1.82, 2.24) is 5.32 Å². The first kappa shape index (κ1) is 15.5. The molecule has 1 rings (SSSR count). The lowest BCUT2D eigenvalue weighted by Gasteiger charge is -2.18. The van der Waals surface area contributed by atoms with Gasteiger partial charge in [-0.1, -0.05) is 45.2 Å². The molecule has 0 aromatic heterocycles. The lowest BCUT2D eigenvalue weighted by Crippen LogP contribution is -2.35. The van der Waals surface area contributed by atoms with Crippen molar-refractivity contribution < 1.29 is 4.79 Å². The molecular formula is C15H22INO. The third kappa shape index (κ3) is 4.96. The molecule has 0 fully saturated rings. The molecule has 0 saturated carbocycles. The molecule has 0 spiro atoms. The van der Waals surface area contributed by atoms with Crippen LogP contribution in [0.4, 0.5) is 0 Å². The Balaban J connectivity index is 2.63. The van der Waals surface area contributed by atoms with Crippen LogP contribution in [-0.2, 0) is 0 Å². The molecule has 1 amide bonds. The third-order valence-corrected chi connectivity index (χ3v) is 3.94. The fourth-order valence-electron chi connectivity index (χ4n) is 2.00. The van der Waals surface area contributed by atoms with Crippen molar-refractivity contribution in [3.63, 3.8) is 0 Å². The second-order valence-corrected chi connectivity index (χ2v) is 5.74. The van der Waals surface area contributed by atoms with E-state index in [1.807, 2.05) is 24.3 Å². The van der Waals surface area contributed by atoms with Crippen molar-refractivity contribution in [3.05, 3.63) is 33.4 Å². The molecule has 1 aromatic carbocycles. The molecule has 100 valence electrons. The van der Waals surface area contributed by atoms with E-state index in [1.54, 1.807) is 0 Å². The van der Waals surface area contributed by atoms with Gasteiger partial charge in [-0.05, 0) is 47.6 Å². The number of hydrogen-bond acceptors (Lipinski definition) is 1. The molecule has 1 unspecified atom stereocenters. The quantitative estimate of drug-likeness (QED) is 0.720. The molecule has 18 heavy (non-hydrogen) atoms. The van der Waals surface area contributed by atoms with E-state index in [4.69, 9.17) is 0 Å². The Morgan fingerprint density at radius 1 is 1.22 bits per heavy atom. The van der Waals surface area contributed by atoms with E-state index in [0.717, 1.165) is 28.4 Å². The number of nitrogens with one attached hydrogen (secondary N) is 1. The van der Waals surface area contributed by atoms with Gasteiger partial charge in [0.1, 0.15) is 0 Å². The van der Waals surface area contributed by atoms with Gasteiger partial charge in [0.25, 0.3) is 5.91 Å². The van der Waals surface area contributed by atoms with Crippen LogP contribution in [0.2, 0.25) is 0 Å². The zero-order chi connectivity index (χ0) is 13.4. The summed E-state index contributed by atoms with van der Waals surface area (Å²) < 4.78 is 1.01. The van der Waals surface area contributed by atoms with Crippen molar-refractivity contribution in [2.24, 2.45) is 0 Å². The first-order valence-corrected chi connectivity index (χ1v) is 7.82. The van der Waals surface area contributed by atoms with E-state index in [0.29, 0.717) is 6.04 Å². The summed E-state index contributed by atoms with van der Waals surface area (Å²) in [5.41, 5.74) is 0.788. The molecule has 0 radical (unpaired) electrons. The van der Waals surface area contributed by atoms with E-state index in [2.05, 4.69) is 41.8 Å². The van der Waals surface area contributed by atoms with Gasteiger partial charge in [-0.25, -0.2) is 0 Å². The maximum atomic E-state index is 12.2. The standard InChI is InChI=1S/C15H22INO/c1-3-5-9-12(8-4-2)17-15(18)13-10-6-7-11-14(13)16/h6-7,10-12H,3-5,8-9H2,1-2H3,(H,17,18). The van der Waals surface area contributed by atoms with Gasteiger partial charge in [0.15, 0.2) is 0 Å². The van der Waals surface area contributed by atoms with Crippen LogP contribution in [0, 0.1) is 3.57 Å². The monoisotopic (exact) mass is 359 g/mol. The van der Waals surface area contributed by atoms with Crippen LogP contribution in [0.5, 0.6) is 0 Å². The molecular weight excluding hydrogens is 337 g/mol. The van der Waals surface area contributed by atoms with E-state index in [-0.39, 0.29) is 5.91 Å². The summed E-state index contributed by atoms with van der Waals surface area (Å²) >= 11 is 2.21. The number of hydrogen-bond donors (Lipinski definition) is 1. The average Bonchev–Trinajstić information content (AvgIpc) is 2.36. The Bertz CT molecular complexity index is 379. The molecule has 0 aliphatic rings. The third-order valence-electron chi connectivity index (χ3n) is 3.00. The largest absolute Gasteiger partial charge is 0.349 e. The molecule has 1 aromatic rings. The van der Waals surface area contributed by atoms with Crippen molar-refractivity contribution in [2.75, 3.05) is 0 Å². The Labute approximate surface area is 124 Å². The summed E-state index contributed by atoms with van der Waals surface area (Å²) in [4.78, 5) is 12.2. The number of amides is 1. The number of benzene rings is 1. The lowest BCUT2D eigenvalue weighted by atomic mass is 10.0. The van der Waals surface area contributed by atoms with Gasteiger partial charge in [0.05, 0.1) is 5.56 Å². The predicted octanol–water partition coefficient (Wildman–Crippen LogP) is 4.38. The van der Waals surface area contributed by atoms with Gasteiger partial charge in [0, 0.05) is 9.61 Å². The highest BCUT2D eigenvalue weighted by molar-refractivity contribution is 14.1. The van der Waals surface area contributed by atoms with Crippen LogP contribution in [-0.4, -0.2) is 11.9 Å². The maximum absolute atomic E-state index is 12.2. The maximum Gasteiger partial charge on any atom is 0.252 e. The van der Waals surface area contributed by atoms with Crippen LogP contribution < -0.4 is 5.32 Å². The molecule has 0 heterocycles. The van der Waals surface area contributed by atoms with Crippen LogP contribution >= 0.6 is 22.6 Å². The van der Waals surface area contributed by atoms with Crippen molar-refractivity contribution in [1.29, 1.82) is 0 Å². The number of rotatable bonds is 7. The molecule has 0 aliphatic heterocycles. The molecule has 1 N–H and O–H groups in total. The number of carbonyl (C=O) groups excluding carboxylic acids is 1. The lowest BCUT2D eigenvalue weighted by molar-refractivity contribution is 0.0931. The first-order valence-electron chi connectivity index (χ1n) is 6.74. The second kappa shape index (κ2) is 8.51. The van der Waals surface area contributed by atoms with Gasteiger partial charge in [-0.15, -0.1) is 0 Å². The highest BCUT2D eigenvalue weighted by Crippen LogP contribution is 2.13. The number of carbonyl (C=O) groups is 1. The highest BCUT2D eigenvalue weighted by Gasteiger charge is 2.14. The predicted molar refractivity (Wildman–Crippen MR) is 84.8 cm³/mol. The molecule has 0 saturated heterocycles. The van der Waals surface area contributed by atoms with E-state index in [9.17, 15) is 4.79 Å².